The summed E-state index contributed by atoms with van der Waals surface area (Å²) in [6.45, 7) is 1.34. The van der Waals surface area contributed by atoms with Crippen LogP contribution in [0.5, 0.6) is 5.75 Å². The molecular formula is C23H23ClF2N6O3. The molecule has 12 heteroatoms. The van der Waals surface area contributed by atoms with Crippen LogP contribution in [0.15, 0.2) is 29.2 Å². The third-order valence-corrected chi connectivity index (χ3v) is 6.33. The molecule has 184 valence electrons. The maximum Gasteiger partial charge on any atom is 0.298 e. The van der Waals surface area contributed by atoms with Crippen molar-refractivity contribution in [3.63, 3.8) is 0 Å². The van der Waals surface area contributed by atoms with Crippen molar-refractivity contribution < 1.29 is 18.3 Å². The van der Waals surface area contributed by atoms with E-state index < -0.39 is 24.6 Å². The molecule has 1 fully saturated rings. The molecule has 2 aliphatic rings. The Morgan fingerprint density at radius 1 is 1.31 bits per heavy atom. The van der Waals surface area contributed by atoms with Crippen LogP contribution in [0.4, 0.5) is 31.9 Å². The SMILES string of the molecule is CC1CC(=O)CN(c2ncc(Cl)c(Nc3ccc4c(c3)c3c(c(=O)n4C)OCC(F)(F)CN3)n2)C1. The lowest BCUT2D eigenvalue weighted by Crippen LogP contribution is -2.40. The maximum absolute atomic E-state index is 14.0. The first kappa shape index (κ1) is 23.3. The van der Waals surface area contributed by atoms with Gasteiger partial charge in [-0.1, -0.05) is 18.5 Å². The molecule has 1 atom stereocenters. The molecule has 0 bridgehead atoms. The summed E-state index contributed by atoms with van der Waals surface area (Å²) in [6, 6.07) is 5.13. The lowest BCUT2D eigenvalue weighted by molar-refractivity contribution is -0.119. The van der Waals surface area contributed by atoms with Crippen LogP contribution in [0.2, 0.25) is 5.02 Å². The number of anilines is 4. The van der Waals surface area contributed by atoms with E-state index in [-0.39, 0.29) is 34.7 Å². The number of fused-ring (bicyclic) bond motifs is 3. The number of ether oxygens (including phenoxy) is 1. The summed E-state index contributed by atoms with van der Waals surface area (Å²) in [6.07, 6.45) is 1.99. The Morgan fingerprint density at radius 2 is 2.11 bits per heavy atom. The number of Topliss-reactive ketones (excluding diaryl/α,β-unsaturated/α-hetero) is 1. The quantitative estimate of drug-likeness (QED) is 0.558. The largest absolute Gasteiger partial charge is 0.480 e. The predicted molar refractivity (Wildman–Crippen MR) is 129 cm³/mol. The van der Waals surface area contributed by atoms with Gasteiger partial charge in [0.2, 0.25) is 11.7 Å². The average Bonchev–Trinajstić information content (AvgIpc) is 2.96. The van der Waals surface area contributed by atoms with Gasteiger partial charge >= 0.3 is 0 Å². The second-order valence-electron chi connectivity index (χ2n) is 9.02. The van der Waals surface area contributed by atoms with E-state index in [1.165, 1.54) is 10.8 Å². The number of piperidine rings is 1. The summed E-state index contributed by atoms with van der Waals surface area (Å²) in [5.74, 6) is -2.25. The molecule has 1 unspecified atom stereocenters. The van der Waals surface area contributed by atoms with E-state index >= 15 is 0 Å². The van der Waals surface area contributed by atoms with E-state index in [1.54, 1.807) is 25.2 Å². The van der Waals surface area contributed by atoms with Crippen molar-refractivity contribution in [2.24, 2.45) is 13.0 Å². The van der Waals surface area contributed by atoms with Crippen molar-refractivity contribution in [2.75, 3.05) is 41.8 Å². The monoisotopic (exact) mass is 504 g/mol. The normalized spacial score (nSPS) is 19.5. The second kappa shape index (κ2) is 8.63. The van der Waals surface area contributed by atoms with Gasteiger partial charge in [-0.25, -0.2) is 13.8 Å². The number of halogens is 3. The highest BCUT2D eigenvalue weighted by Gasteiger charge is 2.35. The van der Waals surface area contributed by atoms with Gasteiger partial charge in [0, 0.05) is 31.1 Å². The number of aryl methyl sites for hydroxylation is 1. The molecule has 35 heavy (non-hydrogen) atoms. The number of ketones is 1. The van der Waals surface area contributed by atoms with E-state index in [1.807, 2.05) is 11.8 Å². The fourth-order valence-electron chi connectivity index (χ4n) is 4.41. The molecule has 0 saturated carbocycles. The first-order chi connectivity index (χ1) is 16.6. The van der Waals surface area contributed by atoms with E-state index in [0.717, 1.165) is 0 Å². The van der Waals surface area contributed by atoms with Crippen LogP contribution in [0.25, 0.3) is 10.9 Å². The molecule has 2 aromatic heterocycles. The third-order valence-electron chi connectivity index (χ3n) is 6.06. The van der Waals surface area contributed by atoms with Crippen LogP contribution < -0.4 is 25.8 Å². The summed E-state index contributed by atoms with van der Waals surface area (Å²) in [5, 5.41) is 6.61. The number of aromatic nitrogens is 3. The number of benzene rings is 1. The van der Waals surface area contributed by atoms with Gasteiger partial charge in [-0.3, -0.25) is 9.59 Å². The summed E-state index contributed by atoms with van der Waals surface area (Å²) in [5.41, 5.74) is 0.799. The highest BCUT2D eigenvalue weighted by atomic mass is 35.5. The zero-order chi connectivity index (χ0) is 24.9. The zero-order valence-corrected chi connectivity index (χ0v) is 19.8. The molecule has 1 aromatic carbocycles. The highest BCUT2D eigenvalue weighted by molar-refractivity contribution is 6.33. The molecule has 9 nitrogen and oxygen atoms in total. The summed E-state index contributed by atoms with van der Waals surface area (Å²) < 4.78 is 34.5. The van der Waals surface area contributed by atoms with Crippen molar-refractivity contribution in [1.82, 2.24) is 14.5 Å². The second-order valence-corrected chi connectivity index (χ2v) is 9.43. The first-order valence-corrected chi connectivity index (χ1v) is 11.5. The lowest BCUT2D eigenvalue weighted by Gasteiger charge is -2.30. The minimum Gasteiger partial charge on any atom is -0.480 e. The fourth-order valence-corrected chi connectivity index (χ4v) is 4.55. The van der Waals surface area contributed by atoms with Gasteiger partial charge in [0.15, 0.2) is 18.2 Å². The van der Waals surface area contributed by atoms with Crippen LogP contribution in [0, 0.1) is 5.92 Å². The number of hydrogen-bond donors (Lipinski definition) is 2. The van der Waals surface area contributed by atoms with E-state index in [9.17, 15) is 18.4 Å². The molecule has 3 aromatic rings. The standard InChI is InChI=1S/C23H23ClF2N6O3/c1-12-5-14(33)9-32(8-12)22-27-7-16(24)20(30-22)29-13-3-4-17-15(6-13)18-19(21(34)31(17)2)35-11-23(25,26)10-28-18/h3-4,6-7,12,28H,5,8-11H2,1-2H3,(H,27,29,30). The number of hydrogen-bond acceptors (Lipinski definition) is 8. The highest BCUT2D eigenvalue weighted by Crippen LogP contribution is 2.36. The number of alkyl halides is 2. The Morgan fingerprint density at radius 3 is 2.89 bits per heavy atom. The van der Waals surface area contributed by atoms with Gasteiger partial charge in [0.1, 0.15) is 5.02 Å². The third kappa shape index (κ3) is 4.47. The minimum atomic E-state index is -3.12. The van der Waals surface area contributed by atoms with Crippen LogP contribution in [-0.4, -0.2) is 52.5 Å². The molecule has 0 radical (unpaired) electrons. The first-order valence-electron chi connectivity index (χ1n) is 11.1. The van der Waals surface area contributed by atoms with Gasteiger partial charge in [0.05, 0.1) is 30.5 Å². The summed E-state index contributed by atoms with van der Waals surface area (Å²) >= 11 is 6.34. The number of carbonyl (C=O) groups excluding carboxylic acids is 1. The van der Waals surface area contributed by atoms with Crippen molar-refractivity contribution in [1.29, 1.82) is 0 Å². The Bertz CT molecular complexity index is 1400. The predicted octanol–water partition coefficient (Wildman–Crippen LogP) is 3.58. The smallest absolute Gasteiger partial charge is 0.298 e. The van der Waals surface area contributed by atoms with Crippen molar-refractivity contribution in [2.45, 2.75) is 19.3 Å². The Kier molecular flexibility index (Phi) is 5.74. The van der Waals surface area contributed by atoms with Crippen LogP contribution in [-0.2, 0) is 11.8 Å². The number of pyridine rings is 1. The molecule has 5 rings (SSSR count). The van der Waals surface area contributed by atoms with Crippen molar-refractivity contribution in [3.8, 4) is 5.75 Å². The Balaban J connectivity index is 1.52. The molecule has 0 aliphatic carbocycles. The molecule has 2 N–H and O–H groups in total. The Hall–Kier alpha value is -3.47. The van der Waals surface area contributed by atoms with Gasteiger partial charge in [-0.05, 0) is 24.1 Å². The lowest BCUT2D eigenvalue weighted by atomic mass is 10.00. The van der Waals surface area contributed by atoms with Crippen LogP contribution in [0.3, 0.4) is 0 Å². The van der Waals surface area contributed by atoms with Crippen molar-refractivity contribution in [3.05, 3.63) is 39.8 Å². The van der Waals surface area contributed by atoms with E-state index in [4.69, 9.17) is 16.3 Å². The summed E-state index contributed by atoms with van der Waals surface area (Å²) in [7, 11) is 1.55. The van der Waals surface area contributed by atoms with Crippen LogP contribution in [0.1, 0.15) is 13.3 Å². The average molecular weight is 505 g/mol. The maximum atomic E-state index is 14.0. The summed E-state index contributed by atoms with van der Waals surface area (Å²) in [4.78, 5) is 35.4. The fraction of sp³-hybridized carbons (Fsp3) is 0.391. The molecule has 4 heterocycles. The minimum absolute atomic E-state index is 0.123. The molecule has 0 amide bonds. The molecular weight excluding hydrogens is 482 g/mol. The van der Waals surface area contributed by atoms with E-state index in [0.29, 0.717) is 41.3 Å². The Labute approximate surface area is 204 Å². The number of nitrogens with zero attached hydrogens (tertiary/aromatic N) is 4. The molecule has 2 aliphatic heterocycles. The van der Waals surface area contributed by atoms with E-state index in [2.05, 4.69) is 20.6 Å². The van der Waals surface area contributed by atoms with Gasteiger partial charge in [0.25, 0.3) is 11.5 Å². The number of rotatable bonds is 3. The number of nitrogens with one attached hydrogen (secondary N) is 2. The van der Waals surface area contributed by atoms with Gasteiger partial charge in [-0.2, -0.15) is 4.98 Å². The van der Waals surface area contributed by atoms with Gasteiger partial charge < -0.3 is 24.8 Å². The topological polar surface area (TPSA) is 101 Å². The molecule has 1 saturated heterocycles. The molecule has 0 spiro atoms. The van der Waals surface area contributed by atoms with Crippen LogP contribution >= 0.6 is 11.6 Å². The zero-order valence-electron chi connectivity index (χ0n) is 19.1. The number of carbonyl (C=O) groups is 1. The van der Waals surface area contributed by atoms with Crippen molar-refractivity contribution >= 4 is 51.4 Å². The van der Waals surface area contributed by atoms with Gasteiger partial charge in [-0.15, -0.1) is 0 Å².